The van der Waals surface area contributed by atoms with Crippen molar-refractivity contribution in [3.8, 4) is 9.88 Å². The molecule has 1 N–H and O–H groups in total. The van der Waals surface area contributed by atoms with E-state index in [4.69, 9.17) is 11.6 Å². The number of pyridine rings is 1. The summed E-state index contributed by atoms with van der Waals surface area (Å²) in [5.74, 6) is -0.0745. The van der Waals surface area contributed by atoms with Crippen LogP contribution in [-0.4, -0.2) is 39.8 Å². The summed E-state index contributed by atoms with van der Waals surface area (Å²) in [6.45, 7) is 1.01. The average molecular weight is 433 g/mol. The van der Waals surface area contributed by atoms with Gasteiger partial charge in [-0.2, -0.15) is 0 Å². The van der Waals surface area contributed by atoms with Gasteiger partial charge in [-0.3, -0.25) is 9.59 Å². The topological polar surface area (TPSA) is 75.2 Å². The quantitative estimate of drug-likeness (QED) is 0.662. The summed E-state index contributed by atoms with van der Waals surface area (Å²) in [5.41, 5.74) is 0.439. The molecule has 0 aliphatic carbocycles. The number of nitrogens with one attached hydrogen (secondary N) is 1. The van der Waals surface area contributed by atoms with Crippen LogP contribution >= 0.6 is 34.3 Å². The van der Waals surface area contributed by atoms with E-state index >= 15 is 0 Å². The number of rotatable bonds is 4. The third-order valence-electron chi connectivity index (χ3n) is 4.51. The predicted molar refractivity (Wildman–Crippen MR) is 112 cm³/mol. The minimum atomic E-state index is -0.273. The van der Waals surface area contributed by atoms with Crippen molar-refractivity contribution in [1.82, 2.24) is 14.9 Å². The minimum Gasteiger partial charge on any atom is -0.336 e. The number of thiazole rings is 1. The van der Waals surface area contributed by atoms with Gasteiger partial charge in [0, 0.05) is 24.7 Å². The highest BCUT2D eigenvalue weighted by Gasteiger charge is 2.30. The zero-order valence-corrected chi connectivity index (χ0v) is 17.2. The summed E-state index contributed by atoms with van der Waals surface area (Å²) in [6, 6.07) is 7.29. The van der Waals surface area contributed by atoms with Crippen molar-refractivity contribution in [3.63, 3.8) is 0 Å². The van der Waals surface area contributed by atoms with Crippen molar-refractivity contribution in [2.45, 2.75) is 12.8 Å². The Morgan fingerprint density at radius 3 is 2.89 bits per heavy atom. The lowest BCUT2D eigenvalue weighted by Gasteiger charge is -2.31. The number of hydrogen-bond acceptors (Lipinski definition) is 6. The third kappa shape index (κ3) is 4.24. The molecule has 2 amide bonds. The summed E-state index contributed by atoms with van der Waals surface area (Å²) >= 11 is 8.88. The standard InChI is InChI=1S/C19H17ClN4O2S2/c20-13-5-6-16(21-9-13)23-17(25)12-3-1-7-24(10-12)19(26)14-11-28-18(22-14)15-4-2-8-27-15/h2,4-6,8-9,11-12H,1,3,7,10H2,(H,21,23,25). The van der Waals surface area contributed by atoms with E-state index in [0.717, 1.165) is 22.7 Å². The number of likely N-dealkylation sites (tertiary alicyclic amines) is 1. The fourth-order valence-electron chi connectivity index (χ4n) is 3.10. The molecule has 4 rings (SSSR count). The van der Waals surface area contributed by atoms with Crippen LogP contribution in [0.4, 0.5) is 5.82 Å². The van der Waals surface area contributed by atoms with Gasteiger partial charge in [0.1, 0.15) is 16.5 Å². The van der Waals surface area contributed by atoms with Crippen molar-refractivity contribution in [3.05, 3.63) is 51.9 Å². The summed E-state index contributed by atoms with van der Waals surface area (Å²) < 4.78 is 0. The SMILES string of the molecule is O=C(Nc1ccc(Cl)cn1)C1CCCN(C(=O)c2csc(-c3cccs3)n2)C1. The highest BCUT2D eigenvalue weighted by atomic mass is 35.5. The van der Waals surface area contributed by atoms with Gasteiger partial charge in [-0.15, -0.1) is 22.7 Å². The molecular formula is C19H17ClN4O2S2. The Morgan fingerprint density at radius 1 is 1.25 bits per heavy atom. The molecule has 0 saturated carbocycles. The lowest BCUT2D eigenvalue weighted by atomic mass is 9.97. The lowest BCUT2D eigenvalue weighted by Crippen LogP contribution is -2.44. The Labute approximate surface area is 175 Å². The monoisotopic (exact) mass is 432 g/mol. The van der Waals surface area contributed by atoms with E-state index in [1.807, 2.05) is 17.5 Å². The van der Waals surface area contributed by atoms with Gasteiger partial charge in [0.05, 0.1) is 15.8 Å². The van der Waals surface area contributed by atoms with Crippen molar-refractivity contribution in [1.29, 1.82) is 0 Å². The molecule has 4 heterocycles. The molecule has 0 bridgehead atoms. The molecular weight excluding hydrogens is 416 g/mol. The number of amides is 2. The number of aromatic nitrogens is 2. The first kappa shape index (κ1) is 19.0. The molecule has 28 heavy (non-hydrogen) atoms. The van der Waals surface area contributed by atoms with E-state index in [0.29, 0.717) is 29.6 Å². The zero-order valence-electron chi connectivity index (χ0n) is 14.8. The Morgan fingerprint density at radius 2 is 2.14 bits per heavy atom. The average Bonchev–Trinajstić information content (AvgIpc) is 3.41. The van der Waals surface area contributed by atoms with Gasteiger partial charge in [0.2, 0.25) is 5.91 Å². The van der Waals surface area contributed by atoms with E-state index < -0.39 is 0 Å². The predicted octanol–water partition coefficient (Wildman–Crippen LogP) is 4.41. The molecule has 1 aliphatic rings. The largest absolute Gasteiger partial charge is 0.336 e. The van der Waals surface area contributed by atoms with E-state index in [1.165, 1.54) is 17.5 Å². The molecule has 0 radical (unpaired) electrons. The van der Waals surface area contributed by atoms with Crippen LogP contribution in [-0.2, 0) is 4.79 Å². The molecule has 0 aromatic carbocycles. The van der Waals surface area contributed by atoms with Gasteiger partial charge in [-0.1, -0.05) is 17.7 Å². The molecule has 1 fully saturated rings. The summed E-state index contributed by atoms with van der Waals surface area (Å²) in [4.78, 5) is 36.8. The van der Waals surface area contributed by atoms with E-state index in [2.05, 4.69) is 15.3 Å². The van der Waals surface area contributed by atoms with Gasteiger partial charge >= 0.3 is 0 Å². The van der Waals surface area contributed by atoms with Crippen LogP contribution in [0, 0.1) is 5.92 Å². The first-order valence-electron chi connectivity index (χ1n) is 8.81. The van der Waals surface area contributed by atoms with E-state index in [9.17, 15) is 9.59 Å². The maximum Gasteiger partial charge on any atom is 0.273 e. The molecule has 1 aliphatic heterocycles. The number of carbonyl (C=O) groups excluding carboxylic acids is 2. The van der Waals surface area contributed by atoms with Crippen LogP contribution in [0.15, 0.2) is 41.2 Å². The van der Waals surface area contributed by atoms with Crippen molar-refractivity contribution in [2.24, 2.45) is 5.92 Å². The molecule has 1 unspecified atom stereocenters. The van der Waals surface area contributed by atoms with Crippen LogP contribution < -0.4 is 5.32 Å². The van der Waals surface area contributed by atoms with Crippen molar-refractivity contribution in [2.75, 3.05) is 18.4 Å². The van der Waals surface area contributed by atoms with E-state index in [1.54, 1.807) is 33.7 Å². The van der Waals surface area contributed by atoms with Crippen molar-refractivity contribution < 1.29 is 9.59 Å². The Bertz CT molecular complexity index is 972. The number of carbonyl (C=O) groups is 2. The van der Waals surface area contributed by atoms with Gasteiger partial charge in [-0.05, 0) is 36.4 Å². The highest BCUT2D eigenvalue weighted by molar-refractivity contribution is 7.20. The molecule has 6 nitrogen and oxygen atoms in total. The second-order valence-corrected chi connectivity index (χ2v) is 8.70. The van der Waals surface area contributed by atoms with Crippen LogP contribution in [0.1, 0.15) is 23.3 Å². The molecule has 1 atom stereocenters. The van der Waals surface area contributed by atoms with Crippen LogP contribution in [0.5, 0.6) is 0 Å². The van der Waals surface area contributed by atoms with Gasteiger partial charge in [0.25, 0.3) is 5.91 Å². The van der Waals surface area contributed by atoms with Crippen molar-refractivity contribution >= 4 is 51.9 Å². The van der Waals surface area contributed by atoms with E-state index in [-0.39, 0.29) is 17.7 Å². The normalized spacial score (nSPS) is 16.8. The number of halogens is 1. The number of hydrogen-bond donors (Lipinski definition) is 1. The fraction of sp³-hybridized carbons (Fsp3) is 0.263. The molecule has 144 valence electrons. The number of piperidine rings is 1. The van der Waals surface area contributed by atoms with Gasteiger partial charge < -0.3 is 10.2 Å². The Balaban J connectivity index is 1.41. The zero-order chi connectivity index (χ0) is 19.5. The maximum absolute atomic E-state index is 12.9. The summed E-state index contributed by atoms with van der Waals surface area (Å²) in [5, 5.41) is 7.94. The van der Waals surface area contributed by atoms with Crippen LogP contribution in [0.25, 0.3) is 9.88 Å². The Kier molecular flexibility index (Phi) is 5.70. The molecule has 9 heteroatoms. The number of thiophene rings is 1. The number of anilines is 1. The molecule has 3 aromatic heterocycles. The first-order valence-corrected chi connectivity index (χ1v) is 10.9. The smallest absolute Gasteiger partial charge is 0.273 e. The second kappa shape index (κ2) is 8.38. The molecule has 0 spiro atoms. The molecule has 3 aromatic rings. The third-order valence-corrected chi connectivity index (χ3v) is 6.62. The second-order valence-electron chi connectivity index (χ2n) is 6.46. The van der Waals surface area contributed by atoms with Crippen LogP contribution in [0.3, 0.4) is 0 Å². The number of nitrogens with zero attached hydrogens (tertiary/aromatic N) is 3. The van der Waals surface area contributed by atoms with Gasteiger partial charge in [0.15, 0.2) is 0 Å². The summed E-state index contributed by atoms with van der Waals surface area (Å²) in [7, 11) is 0. The lowest BCUT2D eigenvalue weighted by molar-refractivity contribution is -0.121. The minimum absolute atomic E-state index is 0.124. The van der Waals surface area contributed by atoms with Crippen LogP contribution in [0.2, 0.25) is 5.02 Å². The van der Waals surface area contributed by atoms with Gasteiger partial charge in [-0.25, -0.2) is 9.97 Å². The Hall–Kier alpha value is -2.29. The fourth-order valence-corrected chi connectivity index (χ4v) is 4.82. The maximum atomic E-state index is 12.9. The highest BCUT2D eigenvalue weighted by Crippen LogP contribution is 2.29. The molecule has 1 saturated heterocycles. The first-order chi connectivity index (χ1) is 13.6. The summed E-state index contributed by atoms with van der Waals surface area (Å²) in [6.07, 6.45) is 3.00.